The van der Waals surface area contributed by atoms with Gasteiger partial charge in [-0.3, -0.25) is 0 Å². The van der Waals surface area contributed by atoms with E-state index in [1.165, 1.54) is 11.3 Å². The van der Waals surface area contributed by atoms with Gasteiger partial charge in [0.05, 0.1) is 5.02 Å². The minimum atomic E-state index is 0.411. The van der Waals surface area contributed by atoms with Crippen molar-refractivity contribution in [2.24, 2.45) is 0 Å². The molecule has 7 heteroatoms. The highest BCUT2D eigenvalue weighted by molar-refractivity contribution is 7.23. The molecule has 0 amide bonds. The molecular formula is C18H13Cl2N3OS. The van der Waals surface area contributed by atoms with Gasteiger partial charge in [-0.1, -0.05) is 29.3 Å². The van der Waals surface area contributed by atoms with Crippen LogP contribution in [0.1, 0.15) is 0 Å². The summed E-state index contributed by atoms with van der Waals surface area (Å²) in [6, 6.07) is 13.5. The lowest BCUT2D eigenvalue weighted by Crippen LogP contribution is -2.07. The van der Waals surface area contributed by atoms with Gasteiger partial charge in [-0.05, 0) is 36.4 Å². The number of nitrogens with zero attached hydrogens (tertiary/aromatic N) is 3. The molecule has 0 fully saturated rings. The number of benzene rings is 2. The highest BCUT2D eigenvalue weighted by atomic mass is 35.5. The van der Waals surface area contributed by atoms with Gasteiger partial charge in [-0.15, -0.1) is 21.5 Å². The Morgan fingerprint density at radius 1 is 0.960 bits per heavy atom. The molecule has 0 aliphatic carbocycles. The molecule has 0 bridgehead atoms. The van der Waals surface area contributed by atoms with Crippen LogP contribution in [0.15, 0.2) is 46.9 Å². The van der Waals surface area contributed by atoms with Crippen molar-refractivity contribution in [1.82, 2.24) is 10.2 Å². The van der Waals surface area contributed by atoms with Gasteiger partial charge in [0, 0.05) is 40.5 Å². The van der Waals surface area contributed by atoms with Crippen molar-refractivity contribution in [1.29, 1.82) is 0 Å². The lowest BCUT2D eigenvalue weighted by Gasteiger charge is -2.11. The molecule has 0 aliphatic heterocycles. The first-order valence-corrected chi connectivity index (χ1v) is 9.09. The molecule has 0 saturated heterocycles. The molecule has 0 atom stereocenters. The number of hydrogen-bond donors (Lipinski definition) is 0. The van der Waals surface area contributed by atoms with Crippen molar-refractivity contribution in [2.75, 3.05) is 19.0 Å². The summed E-state index contributed by atoms with van der Waals surface area (Å²) in [5, 5.41) is 10.5. The maximum absolute atomic E-state index is 6.49. The fourth-order valence-corrected chi connectivity index (χ4v) is 4.22. The number of thiophene rings is 1. The van der Waals surface area contributed by atoms with Gasteiger partial charge in [0.25, 0.3) is 5.89 Å². The molecule has 2 heterocycles. The third-order valence-electron chi connectivity index (χ3n) is 3.84. The van der Waals surface area contributed by atoms with Crippen molar-refractivity contribution in [3.63, 3.8) is 0 Å². The molecule has 4 rings (SSSR count). The van der Waals surface area contributed by atoms with Crippen LogP contribution in [0.25, 0.3) is 32.3 Å². The predicted molar refractivity (Wildman–Crippen MR) is 105 cm³/mol. The molecular weight excluding hydrogens is 377 g/mol. The van der Waals surface area contributed by atoms with Crippen molar-refractivity contribution in [3.8, 4) is 22.2 Å². The zero-order valence-corrected chi connectivity index (χ0v) is 15.8. The minimum absolute atomic E-state index is 0.411. The van der Waals surface area contributed by atoms with Crippen LogP contribution in [-0.4, -0.2) is 24.3 Å². The van der Waals surface area contributed by atoms with E-state index >= 15 is 0 Å². The molecule has 0 unspecified atom stereocenters. The normalized spacial score (nSPS) is 11.2. The molecule has 0 N–H and O–H groups in total. The van der Waals surface area contributed by atoms with E-state index < -0.39 is 0 Å². The number of anilines is 1. The molecule has 126 valence electrons. The van der Waals surface area contributed by atoms with Crippen molar-refractivity contribution in [3.05, 3.63) is 52.5 Å². The summed E-state index contributed by atoms with van der Waals surface area (Å²) < 4.78 is 6.84. The topological polar surface area (TPSA) is 42.2 Å². The maximum atomic E-state index is 6.49. The summed E-state index contributed by atoms with van der Waals surface area (Å²) in [6.07, 6.45) is 0. The predicted octanol–water partition coefficient (Wildman–Crippen LogP) is 5.99. The minimum Gasteiger partial charge on any atom is -0.415 e. The fourth-order valence-electron chi connectivity index (χ4n) is 2.51. The Morgan fingerprint density at radius 3 is 2.40 bits per heavy atom. The second-order valence-electron chi connectivity index (χ2n) is 5.74. The number of rotatable bonds is 3. The van der Waals surface area contributed by atoms with Gasteiger partial charge in [0.2, 0.25) is 5.89 Å². The van der Waals surface area contributed by atoms with Gasteiger partial charge in [-0.2, -0.15) is 0 Å². The molecule has 0 saturated carbocycles. The van der Waals surface area contributed by atoms with Crippen LogP contribution in [-0.2, 0) is 0 Å². The smallest absolute Gasteiger partial charge is 0.259 e. The van der Waals surface area contributed by atoms with Crippen LogP contribution >= 0.6 is 34.5 Å². The fraction of sp³-hybridized carbons (Fsp3) is 0.111. The number of hydrogen-bond acceptors (Lipinski definition) is 5. The average Bonchev–Trinajstić information content (AvgIpc) is 3.20. The monoisotopic (exact) mass is 389 g/mol. The largest absolute Gasteiger partial charge is 0.415 e. The Hall–Kier alpha value is -2.08. The Morgan fingerprint density at radius 2 is 1.68 bits per heavy atom. The summed E-state index contributed by atoms with van der Waals surface area (Å²) in [5.41, 5.74) is 1.97. The Kier molecular flexibility index (Phi) is 4.15. The Balaban J connectivity index is 1.73. The van der Waals surface area contributed by atoms with E-state index in [0.717, 1.165) is 26.2 Å². The zero-order valence-electron chi connectivity index (χ0n) is 13.5. The van der Waals surface area contributed by atoms with E-state index in [9.17, 15) is 0 Å². The molecule has 25 heavy (non-hydrogen) atoms. The van der Waals surface area contributed by atoms with Crippen LogP contribution in [0.2, 0.25) is 10.0 Å². The van der Waals surface area contributed by atoms with Gasteiger partial charge in [-0.25, -0.2) is 0 Å². The van der Waals surface area contributed by atoms with E-state index in [1.807, 2.05) is 61.5 Å². The van der Waals surface area contributed by atoms with Crippen molar-refractivity contribution < 1.29 is 4.42 Å². The first-order valence-electron chi connectivity index (χ1n) is 7.52. The number of halogens is 2. The molecule has 0 aliphatic rings. The molecule has 2 aromatic carbocycles. The SMILES string of the molecule is CN(C)c1ccc(-c2nnc(-c3sc4cc(Cl)ccc4c3Cl)o2)cc1. The summed E-state index contributed by atoms with van der Waals surface area (Å²) in [7, 11) is 3.99. The molecule has 0 radical (unpaired) electrons. The Bertz CT molecular complexity index is 1050. The van der Waals surface area contributed by atoms with Crippen LogP contribution < -0.4 is 4.90 Å². The third-order valence-corrected chi connectivity index (χ3v) is 5.72. The van der Waals surface area contributed by atoms with Gasteiger partial charge in [0.15, 0.2) is 0 Å². The molecule has 4 aromatic rings. The quantitative estimate of drug-likeness (QED) is 0.431. The second-order valence-corrected chi connectivity index (χ2v) is 7.61. The van der Waals surface area contributed by atoms with Gasteiger partial charge in [0.1, 0.15) is 4.88 Å². The number of aromatic nitrogens is 2. The van der Waals surface area contributed by atoms with Crippen LogP contribution in [0.4, 0.5) is 5.69 Å². The van der Waals surface area contributed by atoms with E-state index in [4.69, 9.17) is 27.6 Å². The average molecular weight is 390 g/mol. The first-order chi connectivity index (χ1) is 12.0. The van der Waals surface area contributed by atoms with Crippen LogP contribution in [0.5, 0.6) is 0 Å². The summed E-state index contributed by atoms with van der Waals surface area (Å²) in [5.74, 6) is 0.876. The third kappa shape index (κ3) is 2.99. The zero-order chi connectivity index (χ0) is 17.6. The van der Waals surface area contributed by atoms with E-state index in [-0.39, 0.29) is 0 Å². The molecule has 2 aromatic heterocycles. The lowest BCUT2D eigenvalue weighted by atomic mass is 10.2. The number of fused-ring (bicyclic) bond motifs is 1. The van der Waals surface area contributed by atoms with Crippen molar-refractivity contribution >= 4 is 50.3 Å². The second kappa shape index (κ2) is 6.33. The van der Waals surface area contributed by atoms with Crippen LogP contribution in [0, 0.1) is 0 Å². The lowest BCUT2D eigenvalue weighted by molar-refractivity contribution is 0.586. The first kappa shape index (κ1) is 16.4. The maximum Gasteiger partial charge on any atom is 0.259 e. The summed E-state index contributed by atoms with van der Waals surface area (Å²) >= 11 is 14.0. The van der Waals surface area contributed by atoms with E-state index in [1.54, 1.807) is 0 Å². The molecule has 4 nitrogen and oxygen atoms in total. The van der Waals surface area contributed by atoms with Gasteiger partial charge >= 0.3 is 0 Å². The Labute approximate surface area is 158 Å². The highest BCUT2D eigenvalue weighted by Gasteiger charge is 2.18. The van der Waals surface area contributed by atoms with E-state index in [0.29, 0.717) is 21.8 Å². The summed E-state index contributed by atoms with van der Waals surface area (Å²) in [6.45, 7) is 0. The molecule has 0 spiro atoms. The van der Waals surface area contributed by atoms with Crippen molar-refractivity contribution in [2.45, 2.75) is 0 Å². The van der Waals surface area contributed by atoms with Crippen LogP contribution in [0.3, 0.4) is 0 Å². The standard InChI is InChI=1S/C18H13Cl2N3OS/c1-23(2)12-6-3-10(4-7-12)17-21-22-18(24-17)16-15(20)13-8-5-11(19)9-14(13)25-16/h3-9H,1-2H3. The van der Waals surface area contributed by atoms with Gasteiger partial charge < -0.3 is 9.32 Å². The summed E-state index contributed by atoms with van der Waals surface area (Å²) in [4.78, 5) is 2.79. The van der Waals surface area contributed by atoms with E-state index in [2.05, 4.69) is 10.2 Å². The highest BCUT2D eigenvalue weighted by Crippen LogP contribution is 2.42.